The number of non-ortho nitro benzene ring substituents is 2. The van der Waals surface area contributed by atoms with Gasteiger partial charge in [0.1, 0.15) is 0 Å². The Morgan fingerprint density at radius 1 is 1.06 bits per heavy atom. The van der Waals surface area contributed by atoms with E-state index in [0.717, 1.165) is 40.9 Å². The maximum absolute atomic E-state index is 12.5. The number of sulfonamides is 1. The second kappa shape index (κ2) is 8.45. The average Bonchev–Trinajstić information content (AvgIpc) is 2.96. The first-order valence-electron chi connectivity index (χ1n) is 8.20. The fourth-order valence-electron chi connectivity index (χ4n) is 2.43. The molecule has 1 aliphatic rings. The number of likely N-dealkylation sites (N-methyl/N-ethyl adjacent to an activating group) is 1. The maximum Gasteiger partial charge on any atom is 0.284 e. The summed E-state index contributed by atoms with van der Waals surface area (Å²) in [6.07, 6.45) is 1.31. The van der Waals surface area contributed by atoms with Crippen LogP contribution in [0, 0.1) is 20.2 Å². The van der Waals surface area contributed by atoms with E-state index in [1.54, 1.807) is 0 Å². The molecule has 160 valence electrons. The monoisotopic (exact) mass is 482 g/mol. The van der Waals surface area contributed by atoms with Crippen LogP contribution in [-0.4, -0.2) is 41.3 Å². The third kappa shape index (κ3) is 4.73. The molecule has 1 heterocycles. The van der Waals surface area contributed by atoms with E-state index < -0.39 is 25.8 Å². The number of nitro benzene ring substituents is 2. The van der Waals surface area contributed by atoms with Gasteiger partial charge >= 0.3 is 0 Å². The van der Waals surface area contributed by atoms with Gasteiger partial charge in [-0.1, -0.05) is 11.6 Å². The molecule has 2 aromatic carbocycles. The summed E-state index contributed by atoms with van der Waals surface area (Å²) in [5, 5.41) is 21.7. The molecule has 0 aromatic heterocycles. The van der Waals surface area contributed by atoms with Crippen molar-refractivity contribution in [3.05, 3.63) is 78.2 Å². The molecule has 31 heavy (non-hydrogen) atoms. The smallest absolute Gasteiger partial charge is 0.284 e. The second-order valence-corrected chi connectivity index (χ2v) is 9.06. The average molecular weight is 483 g/mol. The maximum atomic E-state index is 12.5. The zero-order valence-electron chi connectivity index (χ0n) is 15.5. The SMILES string of the molecule is CN1C(=O)/C(=C/c2cc([N+](=O)[O-])ccc2Cl)SC1=NS(=O)(=O)c1ccc([N+](=O)[O-])cc1. The van der Waals surface area contributed by atoms with Gasteiger partial charge in [0.2, 0.25) is 0 Å². The Morgan fingerprint density at radius 2 is 1.65 bits per heavy atom. The van der Waals surface area contributed by atoms with E-state index in [4.69, 9.17) is 11.6 Å². The van der Waals surface area contributed by atoms with E-state index in [-0.39, 0.29) is 36.9 Å². The molecule has 0 radical (unpaired) electrons. The first-order valence-corrected chi connectivity index (χ1v) is 10.8. The number of hydrogen-bond acceptors (Lipinski definition) is 8. The van der Waals surface area contributed by atoms with E-state index >= 15 is 0 Å². The number of thioether (sulfide) groups is 1. The van der Waals surface area contributed by atoms with Gasteiger partial charge in [0, 0.05) is 41.9 Å². The molecule has 11 nitrogen and oxygen atoms in total. The number of rotatable bonds is 5. The molecular formula is C17H11ClN4O7S2. The van der Waals surface area contributed by atoms with Gasteiger partial charge in [0.15, 0.2) is 5.17 Å². The molecule has 2 aromatic rings. The lowest BCUT2D eigenvalue weighted by Gasteiger charge is -2.07. The molecule has 1 amide bonds. The zero-order chi connectivity index (χ0) is 22.9. The Bertz CT molecular complexity index is 1270. The van der Waals surface area contributed by atoms with Crippen molar-refractivity contribution in [1.29, 1.82) is 0 Å². The predicted molar refractivity (Wildman–Crippen MR) is 114 cm³/mol. The van der Waals surface area contributed by atoms with E-state index in [1.165, 1.54) is 31.3 Å². The largest absolute Gasteiger partial charge is 0.289 e. The number of amidine groups is 1. The highest BCUT2D eigenvalue weighted by Crippen LogP contribution is 2.34. The Balaban J connectivity index is 1.95. The highest BCUT2D eigenvalue weighted by molar-refractivity contribution is 8.19. The Morgan fingerprint density at radius 3 is 2.23 bits per heavy atom. The molecule has 1 saturated heterocycles. The predicted octanol–water partition coefficient (Wildman–Crippen LogP) is 3.45. The van der Waals surface area contributed by atoms with Crippen molar-refractivity contribution in [3.63, 3.8) is 0 Å². The van der Waals surface area contributed by atoms with Crippen molar-refractivity contribution in [2.24, 2.45) is 4.40 Å². The third-order valence-corrected chi connectivity index (χ3v) is 6.83. The van der Waals surface area contributed by atoms with Crippen LogP contribution in [0.3, 0.4) is 0 Å². The number of carbonyl (C=O) groups excluding carboxylic acids is 1. The highest BCUT2D eigenvalue weighted by atomic mass is 35.5. The van der Waals surface area contributed by atoms with Gasteiger partial charge in [-0.3, -0.25) is 29.9 Å². The minimum atomic E-state index is -4.26. The van der Waals surface area contributed by atoms with E-state index in [9.17, 15) is 33.4 Å². The molecule has 0 saturated carbocycles. The van der Waals surface area contributed by atoms with Gasteiger partial charge in [-0.15, -0.1) is 4.40 Å². The number of benzene rings is 2. The number of nitro groups is 2. The first kappa shape index (κ1) is 22.4. The van der Waals surface area contributed by atoms with Gasteiger partial charge in [-0.05, 0) is 36.0 Å². The molecule has 14 heteroatoms. The fourth-order valence-corrected chi connectivity index (χ4v) is 4.78. The summed E-state index contributed by atoms with van der Waals surface area (Å²) in [6, 6.07) is 7.85. The summed E-state index contributed by atoms with van der Waals surface area (Å²) >= 11 is 6.79. The van der Waals surface area contributed by atoms with Gasteiger partial charge in [0.25, 0.3) is 27.3 Å². The van der Waals surface area contributed by atoms with Crippen molar-refractivity contribution in [2.45, 2.75) is 4.90 Å². The summed E-state index contributed by atoms with van der Waals surface area (Å²) in [7, 11) is -2.94. The molecule has 0 atom stereocenters. The van der Waals surface area contributed by atoms with Crippen LogP contribution < -0.4 is 0 Å². The standard InChI is InChI=1S/C17H11ClN4O7S2/c1-20-16(23)15(9-10-8-12(22(26)27)4-7-14(10)18)30-17(20)19-31(28,29)13-5-2-11(3-6-13)21(24)25/h2-9H,1H3/b15-9-,19-17?. The molecular weight excluding hydrogens is 472 g/mol. The fraction of sp³-hybridized carbons (Fsp3) is 0.0588. The number of amides is 1. The lowest BCUT2D eigenvalue weighted by molar-refractivity contribution is -0.385. The summed E-state index contributed by atoms with van der Waals surface area (Å²) in [5.41, 5.74) is -0.303. The van der Waals surface area contributed by atoms with Crippen LogP contribution in [0.25, 0.3) is 6.08 Å². The van der Waals surface area contributed by atoms with Gasteiger partial charge in [-0.25, -0.2) is 0 Å². The van der Waals surface area contributed by atoms with E-state index in [2.05, 4.69) is 4.40 Å². The molecule has 3 rings (SSSR count). The molecule has 0 unspecified atom stereocenters. The van der Waals surface area contributed by atoms with Crippen molar-refractivity contribution in [3.8, 4) is 0 Å². The lowest BCUT2D eigenvalue weighted by Crippen LogP contribution is -2.24. The van der Waals surface area contributed by atoms with Gasteiger partial charge in [0.05, 0.1) is 19.6 Å². The van der Waals surface area contributed by atoms with Crippen LogP contribution in [0.1, 0.15) is 5.56 Å². The first-order chi connectivity index (χ1) is 14.5. The van der Waals surface area contributed by atoms with Crippen molar-refractivity contribution in [2.75, 3.05) is 7.05 Å². The topological polar surface area (TPSA) is 153 Å². The Hall–Kier alpha value is -3.29. The van der Waals surface area contributed by atoms with Crippen molar-refractivity contribution in [1.82, 2.24) is 4.90 Å². The van der Waals surface area contributed by atoms with Crippen molar-refractivity contribution < 1.29 is 23.1 Å². The molecule has 0 bridgehead atoms. The number of nitrogens with zero attached hydrogens (tertiary/aromatic N) is 4. The molecule has 0 spiro atoms. The van der Waals surface area contributed by atoms with Crippen LogP contribution in [0.2, 0.25) is 5.02 Å². The summed E-state index contributed by atoms with van der Waals surface area (Å²) in [5.74, 6) is -0.578. The molecule has 1 aliphatic heterocycles. The van der Waals surface area contributed by atoms with Gasteiger partial charge < -0.3 is 0 Å². The van der Waals surface area contributed by atoms with E-state index in [0.29, 0.717) is 0 Å². The molecule has 0 N–H and O–H groups in total. The second-order valence-electron chi connectivity index (χ2n) is 6.04. The zero-order valence-corrected chi connectivity index (χ0v) is 17.8. The number of halogens is 1. The van der Waals surface area contributed by atoms with Crippen LogP contribution >= 0.6 is 23.4 Å². The third-order valence-electron chi connectivity index (χ3n) is 4.02. The van der Waals surface area contributed by atoms with Crippen LogP contribution in [0.15, 0.2) is 56.7 Å². The highest BCUT2D eigenvalue weighted by Gasteiger charge is 2.32. The molecule has 1 fully saturated rings. The van der Waals surface area contributed by atoms with E-state index in [1.807, 2.05) is 0 Å². The van der Waals surface area contributed by atoms with Crippen LogP contribution in [0.4, 0.5) is 11.4 Å². The summed E-state index contributed by atoms with van der Waals surface area (Å²) in [4.78, 5) is 33.7. The Kier molecular flexibility index (Phi) is 6.10. The lowest BCUT2D eigenvalue weighted by atomic mass is 10.2. The summed E-state index contributed by atoms with van der Waals surface area (Å²) < 4.78 is 28.7. The minimum Gasteiger partial charge on any atom is -0.289 e. The minimum absolute atomic E-state index is 0.0579. The summed E-state index contributed by atoms with van der Waals surface area (Å²) in [6.45, 7) is 0. The van der Waals surface area contributed by atoms with Crippen molar-refractivity contribution >= 4 is 61.9 Å². The number of hydrogen-bond donors (Lipinski definition) is 0. The molecule has 0 aliphatic carbocycles. The quantitative estimate of drug-likeness (QED) is 0.356. The Labute approximate surface area is 184 Å². The van der Waals surface area contributed by atoms with Crippen LogP contribution in [-0.2, 0) is 14.8 Å². The van der Waals surface area contributed by atoms with Crippen LogP contribution in [0.5, 0.6) is 0 Å². The number of carbonyl (C=O) groups is 1. The normalized spacial score (nSPS) is 16.8. The van der Waals surface area contributed by atoms with Gasteiger partial charge in [-0.2, -0.15) is 8.42 Å².